The predicted molar refractivity (Wildman–Crippen MR) is 68.1 cm³/mol. The molecule has 0 amide bonds. The number of rotatable bonds is 6. The number of benzene rings is 1. The van der Waals surface area contributed by atoms with Crippen molar-refractivity contribution in [3.63, 3.8) is 0 Å². The topological polar surface area (TPSA) is 109 Å². The van der Waals surface area contributed by atoms with Gasteiger partial charge in [0.25, 0.3) is 0 Å². The fraction of sp³-hybridized carbons (Fsp3) is 0.182. The normalized spacial score (nSPS) is 10.9. The fourth-order valence-electron chi connectivity index (χ4n) is 1.34. The summed E-state index contributed by atoms with van der Waals surface area (Å²) in [5.74, 6) is -1.22. The molecule has 0 saturated heterocycles. The Labute approximate surface area is 105 Å². The SMILES string of the molecule is C=CCCNc1ccc(S(N)(=O)=O)cc1C(=O)O. The van der Waals surface area contributed by atoms with Crippen molar-refractivity contribution in [3.05, 3.63) is 36.4 Å². The number of aromatic carboxylic acids is 1. The summed E-state index contributed by atoms with van der Waals surface area (Å²) >= 11 is 0. The minimum atomic E-state index is -3.91. The maximum atomic E-state index is 11.1. The van der Waals surface area contributed by atoms with Crippen molar-refractivity contribution < 1.29 is 18.3 Å². The number of carboxylic acids is 1. The monoisotopic (exact) mass is 270 g/mol. The van der Waals surface area contributed by atoms with Crippen molar-refractivity contribution in [2.45, 2.75) is 11.3 Å². The third-order valence-electron chi connectivity index (χ3n) is 2.21. The summed E-state index contributed by atoms with van der Waals surface area (Å²) in [6, 6.07) is 3.68. The maximum Gasteiger partial charge on any atom is 0.337 e. The molecule has 0 aliphatic heterocycles. The molecule has 98 valence electrons. The van der Waals surface area contributed by atoms with Crippen LogP contribution in [0.4, 0.5) is 5.69 Å². The van der Waals surface area contributed by atoms with Gasteiger partial charge >= 0.3 is 5.97 Å². The molecule has 0 aromatic heterocycles. The third-order valence-corrected chi connectivity index (χ3v) is 3.12. The smallest absolute Gasteiger partial charge is 0.337 e. The molecule has 1 aromatic rings. The molecule has 0 atom stereocenters. The highest BCUT2D eigenvalue weighted by Gasteiger charge is 2.15. The van der Waals surface area contributed by atoms with Gasteiger partial charge in [-0.25, -0.2) is 18.4 Å². The van der Waals surface area contributed by atoms with Crippen LogP contribution in [-0.4, -0.2) is 26.0 Å². The number of carboxylic acid groups (broad SMARTS) is 1. The number of nitrogens with two attached hydrogens (primary N) is 1. The summed E-state index contributed by atoms with van der Waals surface area (Å²) in [7, 11) is -3.91. The standard InChI is InChI=1S/C11H14N2O4S/c1-2-3-6-13-10-5-4-8(18(12,16)17)7-9(10)11(14)15/h2,4-5,7,13H,1,3,6H2,(H,14,15)(H2,12,16,17). The van der Waals surface area contributed by atoms with Crippen LogP contribution in [-0.2, 0) is 10.0 Å². The molecule has 0 spiro atoms. The van der Waals surface area contributed by atoms with Gasteiger partial charge in [-0.15, -0.1) is 6.58 Å². The lowest BCUT2D eigenvalue weighted by atomic mass is 10.2. The lowest BCUT2D eigenvalue weighted by Crippen LogP contribution is -2.14. The molecule has 0 fully saturated rings. The van der Waals surface area contributed by atoms with E-state index in [4.69, 9.17) is 10.2 Å². The van der Waals surface area contributed by atoms with Gasteiger partial charge in [-0.05, 0) is 24.6 Å². The molecule has 0 saturated carbocycles. The molecular formula is C11H14N2O4S. The molecule has 4 N–H and O–H groups in total. The molecule has 0 aliphatic carbocycles. The van der Waals surface area contributed by atoms with E-state index in [-0.39, 0.29) is 10.5 Å². The van der Waals surface area contributed by atoms with Crippen LogP contribution in [0.15, 0.2) is 35.7 Å². The van der Waals surface area contributed by atoms with E-state index < -0.39 is 16.0 Å². The van der Waals surface area contributed by atoms with Crippen LogP contribution in [0.5, 0.6) is 0 Å². The Bertz CT molecular complexity index is 566. The van der Waals surface area contributed by atoms with Crippen molar-refractivity contribution in [2.24, 2.45) is 5.14 Å². The highest BCUT2D eigenvalue weighted by Crippen LogP contribution is 2.20. The highest BCUT2D eigenvalue weighted by molar-refractivity contribution is 7.89. The Kier molecular flexibility index (Phi) is 4.46. The van der Waals surface area contributed by atoms with Gasteiger partial charge in [0.1, 0.15) is 0 Å². The lowest BCUT2D eigenvalue weighted by Gasteiger charge is -2.09. The first-order chi connectivity index (χ1) is 8.36. The number of hydrogen-bond donors (Lipinski definition) is 3. The van der Waals surface area contributed by atoms with E-state index >= 15 is 0 Å². The molecule has 7 heteroatoms. The van der Waals surface area contributed by atoms with Crippen LogP contribution in [0.25, 0.3) is 0 Å². The molecular weight excluding hydrogens is 256 g/mol. The van der Waals surface area contributed by atoms with E-state index in [2.05, 4.69) is 11.9 Å². The van der Waals surface area contributed by atoms with Crippen LogP contribution in [0, 0.1) is 0 Å². The van der Waals surface area contributed by atoms with Gasteiger partial charge in [-0.3, -0.25) is 0 Å². The first kappa shape index (κ1) is 14.2. The second-order valence-corrected chi connectivity index (χ2v) is 5.12. The zero-order valence-electron chi connectivity index (χ0n) is 9.59. The van der Waals surface area contributed by atoms with Gasteiger partial charge in [0, 0.05) is 12.2 Å². The van der Waals surface area contributed by atoms with Crippen molar-refractivity contribution in [2.75, 3.05) is 11.9 Å². The van der Waals surface area contributed by atoms with Crippen LogP contribution < -0.4 is 10.5 Å². The zero-order valence-corrected chi connectivity index (χ0v) is 10.4. The van der Waals surface area contributed by atoms with Gasteiger partial charge in [0.15, 0.2) is 0 Å². The number of carbonyl (C=O) groups is 1. The predicted octanol–water partition coefficient (Wildman–Crippen LogP) is 1.02. The van der Waals surface area contributed by atoms with Crippen molar-refractivity contribution in [1.29, 1.82) is 0 Å². The Morgan fingerprint density at radius 3 is 2.67 bits per heavy atom. The van der Waals surface area contributed by atoms with Crippen LogP contribution >= 0.6 is 0 Å². The Morgan fingerprint density at radius 1 is 1.50 bits per heavy atom. The number of hydrogen-bond acceptors (Lipinski definition) is 4. The number of anilines is 1. The van der Waals surface area contributed by atoms with E-state index in [1.54, 1.807) is 6.08 Å². The molecule has 18 heavy (non-hydrogen) atoms. The van der Waals surface area contributed by atoms with Crippen molar-refractivity contribution >= 4 is 21.7 Å². The number of nitrogens with one attached hydrogen (secondary N) is 1. The van der Waals surface area contributed by atoms with Crippen molar-refractivity contribution in [3.8, 4) is 0 Å². The second-order valence-electron chi connectivity index (χ2n) is 3.56. The summed E-state index contributed by atoms with van der Waals surface area (Å²) in [6.45, 7) is 4.06. The molecule has 6 nitrogen and oxygen atoms in total. The minimum absolute atomic E-state index is 0.134. The highest BCUT2D eigenvalue weighted by atomic mass is 32.2. The minimum Gasteiger partial charge on any atom is -0.478 e. The third kappa shape index (κ3) is 3.57. The van der Waals surface area contributed by atoms with E-state index in [1.165, 1.54) is 12.1 Å². The average molecular weight is 270 g/mol. The summed E-state index contributed by atoms with van der Waals surface area (Å²) in [6.07, 6.45) is 2.35. The Balaban J connectivity index is 3.13. The van der Waals surface area contributed by atoms with Crippen LogP contribution in [0.1, 0.15) is 16.8 Å². The number of sulfonamides is 1. The van der Waals surface area contributed by atoms with Crippen molar-refractivity contribution in [1.82, 2.24) is 0 Å². The van der Waals surface area contributed by atoms with E-state index in [1.807, 2.05) is 0 Å². The lowest BCUT2D eigenvalue weighted by molar-refractivity contribution is 0.0697. The molecule has 0 bridgehead atoms. The molecule has 0 unspecified atom stereocenters. The zero-order chi connectivity index (χ0) is 13.8. The Morgan fingerprint density at radius 2 is 2.17 bits per heavy atom. The second kappa shape index (κ2) is 5.65. The molecule has 0 aliphatic rings. The van der Waals surface area contributed by atoms with Gasteiger partial charge in [0.2, 0.25) is 10.0 Å². The first-order valence-corrected chi connectivity index (χ1v) is 6.66. The molecule has 0 heterocycles. The maximum absolute atomic E-state index is 11.1. The summed E-state index contributed by atoms with van der Waals surface area (Å²) < 4.78 is 22.3. The Hall–Kier alpha value is -1.86. The molecule has 1 aromatic carbocycles. The molecule has 0 radical (unpaired) electrons. The van der Waals surface area contributed by atoms with E-state index in [0.29, 0.717) is 18.7 Å². The fourth-order valence-corrected chi connectivity index (χ4v) is 1.88. The average Bonchev–Trinajstić information content (AvgIpc) is 2.28. The largest absolute Gasteiger partial charge is 0.478 e. The van der Waals surface area contributed by atoms with E-state index in [9.17, 15) is 13.2 Å². The van der Waals surface area contributed by atoms with Crippen LogP contribution in [0.3, 0.4) is 0 Å². The first-order valence-electron chi connectivity index (χ1n) is 5.11. The molecule has 1 rings (SSSR count). The van der Waals surface area contributed by atoms with Gasteiger partial charge in [-0.1, -0.05) is 6.08 Å². The quantitative estimate of drug-likeness (QED) is 0.528. The summed E-state index contributed by atoms with van der Waals surface area (Å²) in [5, 5.41) is 16.8. The van der Waals surface area contributed by atoms with Gasteiger partial charge < -0.3 is 10.4 Å². The van der Waals surface area contributed by atoms with Gasteiger partial charge in [0.05, 0.1) is 10.5 Å². The van der Waals surface area contributed by atoms with E-state index in [0.717, 1.165) is 6.07 Å². The van der Waals surface area contributed by atoms with Gasteiger partial charge in [-0.2, -0.15) is 0 Å². The number of primary sulfonamides is 1. The summed E-state index contributed by atoms with van der Waals surface area (Å²) in [5.41, 5.74) is 0.210. The summed E-state index contributed by atoms with van der Waals surface area (Å²) in [4.78, 5) is 10.8. The van der Waals surface area contributed by atoms with Crippen LogP contribution in [0.2, 0.25) is 0 Å².